The zero-order valence-corrected chi connectivity index (χ0v) is 19.8. The highest BCUT2D eigenvalue weighted by Crippen LogP contribution is 2.26. The lowest BCUT2D eigenvalue weighted by Gasteiger charge is -2.17. The molecular weight excluding hydrogens is 426 g/mol. The van der Waals surface area contributed by atoms with Crippen molar-refractivity contribution in [2.75, 3.05) is 16.4 Å². The monoisotopic (exact) mass is 453 g/mol. The van der Waals surface area contributed by atoms with Crippen molar-refractivity contribution in [3.8, 4) is 11.3 Å². The number of aromatic nitrogens is 1. The number of amides is 2. The standard InChI is InChI=1S/C24H27N3O2S2/c1-16-5-7-17(8-6-16)20-14-31-23(26-20)27-22(29)15-30-19-11-9-18(10-12-19)25-21(28)13-24(2,3)4/h5-12,14H,13,15H2,1-4H3,(H,25,28)(H,26,27,29). The molecule has 3 aromatic rings. The minimum Gasteiger partial charge on any atom is -0.326 e. The zero-order valence-electron chi connectivity index (χ0n) is 18.2. The number of nitrogens with one attached hydrogen (secondary N) is 2. The Balaban J connectivity index is 1.47. The summed E-state index contributed by atoms with van der Waals surface area (Å²) >= 11 is 2.86. The maximum atomic E-state index is 12.3. The van der Waals surface area contributed by atoms with Crippen LogP contribution in [0, 0.1) is 12.3 Å². The summed E-state index contributed by atoms with van der Waals surface area (Å²) in [5, 5.41) is 8.31. The van der Waals surface area contributed by atoms with Crippen LogP contribution in [-0.2, 0) is 9.59 Å². The van der Waals surface area contributed by atoms with E-state index in [0.29, 0.717) is 11.6 Å². The van der Waals surface area contributed by atoms with Gasteiger partial charge in [0, 0.05) is 27.9 Å². The Morgan fingerprint density at radius 2 is 1.65 bits per heavy atom. The van der Waals surface area contributed by atoms with Gasteiger partial charge in [0.25, 0.3) is 0 Å². The molecule has 0 radical (unpaired) electrons. The van der Waals surface area contributed by atoms with Gasteiger partial charge in [-0.15, -0.1) is 23.1 Å². The quantitative estimate of drug-likeness (QED) is 0.416. The fraction of sp³-hybridized carbons (Fsp3) is 0.292. The number of carbonyl (C=O) groups is 2. The zero-order chi connectivity index (χ0) is 22.4. The Labute approximate surface area is 191 Å². The van der Waals surface area contributed by atoms with E-state index < -0.39 is 0 Å². The van der Waals surface area contributed by atoms with Gasteiger partial charge in [-0.3, -0.25) is 9.59 Å². The number of hydrogen-bond donors (Lipinski definition) is 2. The average molecular weight is 454 g/mol. The lowest BCUT2D eigenvalue weighted by molar-refractivity contribution is -0.118. The van der Waals surface area contributed by atoms with Gasteiger partial charge in [-0.25, -0.2) is 4.98 Å². The first-order valence-corrected chi connectivity index (χ1v) is 11.9. The minimum atomic E-state index is -0.0997. The highest BCUT2D eigenvalue weighted by Gasteiger charge is 2.16. The predicted octanol–water partition coefficient (Wildman–Crippen LogP) is 6.22. The van der Waals surface area contributed by atoms with Crippen molar-refractivity contribution < 1.29 is 9.59 Å². The molecule has 31 heavy (non-hydrogen) atoms. The lowest BCUT2D eigenvalue weighted by Crippen LogP contribution is -2.19. The molecule has 2 aromatic carbocycles. The van der Waals surface area contributed by atoms with Crippen LogP contribution >= 0.6 is 23.1 Å². The van der Waals surface area contributed by atoms with E-state index >= 15 is 0 Å². The maximum Gasteiger partial charge on any atom is 0.236 e. The van der Waals surface area contributed by atoms with E-state index in [-0.39, 0.29) is 23.0 Å². The molecule has 162 valence electrons. The topological polar surface area (TPSA) is 71.1 Å². The van der Waals surface area contributed by atoms with Crippen molar-refractivity contribution in [3.05, 3.63) is 59.5 Å². The molecule has 1 heterocycles. The van der Waals surface area contributed by atoms with Crippen molar-refractivity contribution in [1.82, 2.24) is 4.98 Å². The van der Waals surface area contributed by atoms with Crippen molar-refractivity contribution in [2.45, 2.75) is 39.0 Å². The Morgan fingerprint density at radius 1 is 0.968 bits per heavy atom. The number of hydrogen-bond acceptors (Lipinski definition) is 5. The highest BCUT2D eigenvalue weighted by molar-refractivity contribution is 8.00. The largest absolute Gasteiger partial charge is 0.326 e. The predicted molar refractivity (Wildman–Crippen MR) is 131 cm³/mol. The maximum absolute atomic E-state index is 12.3. The number of rotatable bonds is 7. The van der Waals surface area contributed by atoms with E-state index in [2.05, 4.69) is 15.6 Å². The fourth-order valence-corrected chi connectivity index (χ4v) is 4.25. The van der Waals surface area contributed by atoms with E-state index in [0.717, 1.165) is 21.8 Å². The van der Waals surface area contributed by atoms with Gasteiger partial charge in [0.05, 0.1) is 11.4 Å². The number of aryl methyl sites for hydroxylation is 1. The summed E-state index contributed by atoms with van der Waals surface area (Å²) in [5.74, 6) is 0.188. The molecule has 3 rings (SSSR count). The third-order valence-electron chi connectivity index (χ3n) is 4.30. The molecule has 0 bridgehead atoms. The van der Waals surface area contributed by atoms with Crippen molar-refractivity contribution in [3.63, 3.8) is 0 Å². The molecule has 0 saturated carbocycles. The Bertz CT molecular complexity index is 1040. The number of thioether (sulfide) groups is 1. The molecule has 1 aromatic heterocycles. The number of anilines is 2. The SMILES string of the molecule is Cc1ccc(-c2csc(NC(=O)CSc3ccc(NC(=O)CC(C)(C)C)cc3)n2)cc1. The average Bonchev–Trinajstić information content (AvgIpc) is 3.15. The van der Waals surface area contributed by atoms with Crippen molar-refractivity contribution in [1.29, 1.82) is 0 Å². The van der Waals surface area contributed by atoms with Gasteiger partial charge in [0.2, 0.25) is 11.8 Å². The van der Waals surface area contributed by atoms with E-state index in [4.69, 9.17) is 0 Å². The van der Waals surface area contributed by atoms with E-state index in [1.807, 2.05) is 81.6 Å². The Hall–Kier alpha value is -2.64. The van der Waals surface area contributed by atoms with Gasteiger partial charge >= 0.3 is 0 Å². The molecule has 0 unspecified atom stereocenters. The molecule has 0 saturated heterocycles. The molecule has 7 heteroatoms. The fourth-order valence-electron chi connectivity index (χ4n) is 2.81. The molecule has 2 N–H and O–H groups in total. The van der Waals surface area contributed by atoms with Gasteiger partial charge in [-0.1, -0.05) is 50.6 Å². The van der Waals surface area contributed by atoms with Gasteiger partial charge < -0.3 is 10.6 Å². The molecule has 2 amide bonds. The van der Waals surface area contributed by atoms with E-state index in [9.17, 15) is 9.59 Å². The molecule has 5 nitrogen and oxygen atoms in total. The molecule has 0 fully saturated rings. The van der Waals surface area contributed by atoms with Gasteiger partial charge in [-0.05, 0) is 36.6 Å². The first-order valence-electron chi connectivity index (χ1n) is 10.0. The van der Waals surface area contributed by atoms with Crippen LogP contribution in [0.2, 0.25) is 0 Å². The summed E-state index contributed by atoms with van der Waals surface area (Å²) in [7, 11) is 0. The number of benzene rings is 2. The van der Waals surface area contributed by atoms with Gasteiger partial charge in [0.1, 0.15) is 0 Å². The summed E-state index contributed by atoms with van der Waals surface area (Å²) in [5.41, 5.74) is 3.80. The Morgan fingerprint density at radius 3 is 2.29 bits per heavy atom. The molecule has 0 aliphatic rings. The van der Waals surface area contributed by atoms with Crippen LogP contribution in [0.15, 0.2) is 58.8 Å². The van der Waals surface area contributed by atoms with Crippen LogP contribution in [0.25, 0.3) is 11.3 Å². The lowest BCUT2D eigenvalue weighted by atomic mass is 9.92. The molecule has 0 spiro atoms. The molecule has 0 atom stereocenters. The smallest absolute Gasteiger partial charge is 0.236 e. The second kappa shape index (κ2) is 10.1. The first kappa shape index (κ1) is 23.0. The van der Waals surface area contributed by atoms with Gasteiger partial charge in [0.15, 0.2) is 5.13 Å². The summed E-state index contributed by atoms with van der Waals surface area (Å²) in [6.07, 6.45) is 0.464. The van der Waals surface area contributed by atoms with Crippen molar-refractivity contribution in [2.24, 2.45) is 5.41 Å². The molecular formula is C24H27N3O2S2. The van der Waals surface area contributed by atoms with Gasteiger partial charge in [-0.2, -0.15) is 0 Å². The highest BCUT2D eigenvalue weighted by atomic mass is 32.2. The molecule has 0 aliphatic carbocycles. The van der Waals surface area contributed by atoms with Crippen LogP contribution in [0.3, 0.4) is 0 Å². The summed E-state index contributed by atoms with van der Waals surface area (Å²) in [4.78, 5) is 29.8. The third kappa shape index (κ3) is 7.52. The number of nitrogens with zero attached hydrogens (tertiary/aromatic N) is 1. The van der Waals surface area contributed by atoms with E-state index in [1.165, 1.54) is 28.7 Å². The van der Waals surface area contributed by atoms with Crippen LogP contribution in [0.4, 0.5) is 10.8 Å². The molecule has 0 aliphatic heterocycles. The number of carbonyl (C=O) groups excluding carboxylic acids is 2. The number of thiazole rings is 1. The Kier molecular flexibility index (Phi) is 7.51. The second-order valence-corrected chi connectivity index (χ2v) is 10.5. The minimum absolute atomic E-state index is 0.000681. The summed E-state index contributed by atoms with van der Waals surface area (Å²) < 4.78 is 0. The van der Waals surface area contributed by atoms with Crippen LogP contribution in [-0.4, -0.2) is 22.6 Å². The second-order valence-electron chi connectivity index (χ2n) is 8.55. The third-order valence-corrected chi connectivity index (χ3v) is 6.07. The van der Waals surface area contributed by atoms with Crippen LogP contribution in [0.1, 0.15) is 32.8 Å². The summed E-state index contributed by atoms with van der Waals surface area (Å²) in [6.45, 7) is 8.15. The first-order chi connectivity index (χ1) is 14.7. The van der Waals surface area contributed by atoms with Crippen LogP contribution in [0.5, 0.6) is 0 Å². The summed E-state index contributed by atoms with van der Waals surface area (Å²) in [6, 6.07) is 15.7. The van der Waals surface area contributed by atoms with Crippen LogP contribution < -0.4 is 10.6 Å². The van der Waals surface area contributed by atoms with E-state index in [1.54, 1.807) is 0 Å². The normalized spacial score (nSPS) is 11.2. The van der Waals surface area contributed by atoms with Crippen molar-refractivity contribution >= 4 is 45.7 Å².